The van der Waals surface area contributed by atoms with Crippen molar-refractivity contribution in [3.8, 4) is 0 Å². The summed E-state index contributed by atoms with van der Waals surface area (Å²) < 4.78 is 28.1. The van der Waals surface area contributed by atoms with E-state index in [2.05, 4.69) is 15.9 Å². The number of aliphatic hydroxyl groups excluding tert-OH is 1. The molecule has 0 bridgehead atoms. The van der Waals surface area contributed by atoms with Crippen LogP contribution in [0.25, 0.3) is 0 Å². The Morgan fingerprint density at radius 1 is 1.09 bits per heavy atom. The number of anilines is 1. The predicted molar refractivity (Wildman–Crippen MR) is 89.3 cm³/mol. The van der Waals surface area contributed by atoms with Gasteiger partial charge in [-0.1, -0.05) is 34.1 Å². The zero-order valence-electron chi connectivity index (χ0n) is 11.8. The van der Waals surface area contributed by atoms with Gasteiger partial charge in [0.05, 0.1) is 16.7 Å². The van der Waals surface area contributed by atoms with Crippen LogP contribution < -0.4 is 4.31 Å². The van der Waals surface area contributed by atoms with Crippen molar-refractivity contribution in [3.63, 3.8) is 0 Å². The first-order valence-electron chi connectivity index (χ1n) is 7.05. The summed E-state index contributed by atoms with van der Waals surface area (Å²) >= 11 is 3.31. The topological polar surface area (TPSA) is 57.6 Å². The van der Waals surface area contributed by atoms with Crippen LogP contribution in [0.3, 0.4) is 0 Å². The van der Waals surface area contributed by atoms with Crippen molar-refractivity contribution >= 4 is 31.6 Å². The Morgan fingerprint density at radius 3 is 2.50 bits per heavy atom. The molecule has 4 nitrogen and oxygen atoms in total. The van der Waals surface area contributed by atoms with Gasteiger partial charge in [0.15, 0.2) is 0 Å². The number of sulfonamides is 1. The largest absolute Gasteiger partial charge is 0.388 e. The molecule has 6 heteroatoms. The second kappa shape index (κ2) is 6.02. The van der Waals surface area contributed by atoms with Crippen LogP contribution in [-0.4, -0.2) is 20.1 Å². The smallest absolute Gasteiger partial charge is 0.264 e. The molecule has 0 amide bonds. The monoisotopic (exact) mass is 381 g/mol. The molecule has 0 aromatic heterocycles. The number of hydrogen-bond donors (Lipinski definition) is 1. The van der Waals surface area contributed by atoms with E-state index in [-0.39, 0.29) is 4.90 Å². The van der Waals surface area contributed by atoms with Gasteiger partial charge in [0.1, 0.15) is 0 Å². The lowest BCUT2D eigenvalue weighted by molar-refractivity contribution is 0.168. The van der Waals surface area contributed by atoms with E-state index in [1.165, 1.54) is 4.31 Å². The molecule has 0 fully saturated rings. The van der Waals surface area contributed by atoms with Gasteiger partial charge < -0.3 is 5.11 Å². The summed E-state index contributed by atoms with van der Waals surface area (Å²) in [6.07, 6.45) is 0.552. The average molecular weight is 382 g/mol. The van der Waals surface area contributed by atoms with Crippen LogP contribution in [0.15, 0.2) is 57.9 Å². The molecule has 2 aromatic carbocycles. The number of fused-ring (bicyclic) bond motifs is 1. The second-order valence-electron chi connectivity index (χ2n) is 5.25. The van der Waals surface area contributed by atoms with Gasteiger partial charge in [0, 0.05) is 16.6 Å². The Balaban J connectivity index is 2.10. The highest BCUT2D eigenvalue weighted by atomic mass is 79.9. The molecule has 1 unspecified atom stereocenters. The number of benzene rings is 2. The van der Waals surface area contributed by atoms with Crippen LogP contribution in [0.4, 0.5) is 5.69 Å². The normalized spacial score (nSPS) is 18.6. The quantitative estimate of drug-likeness (QED) is 0.866. The standard InChI is InChI=1S/C16H16BrNO3S/c17-12-7-9-13(10-8-12)22(20,21)18-11-3-6-16(19)14-4-1-2-5-15(14)18/h1-2,4-5,7-10,16,19H,3,6,11H2. The predicted octanol–water partition coefficient (Wildman–Crippen LogP) is 3.47. The first-order valence-corrected chi connectivity index (χ1v) is 9.29. The number of para-hydroxylation sites is 1. The van der Waals surface area contributed by atoms with Crippen LogP contribution in [0.2, 0.25) is 0 Å². The van der Waals surface area contributed by atoms with Crippen molar-refractivity contribution in [1.29, 1.82) is 0 Å². The van der Waals surface area contributed by atoms with E-state index in [1.54, 1.807) is 42.5 Å². The Labute approximate surface area is 138 Å². The fraction of sp³-hybridized carbons (Fsp3) is 0.250. The summed E-state index contributed by atoms with van der Waals surface area (Å²) in [5.74, 6) is 0. The highest BCUT2D eigenvalue weighted by Gasteiger charge is 2.30. The molecular weight excluding hydrogens is 366 g/mol. The van der Waals surface area contributed by atoms with E-state index in [4.69, 9.17) is 0 Å². The molecule has 0 radical (unpaired) electrons. The molecule has 2 aromatic rings. The van der Waals surface area contributed by atoms with Gasteiger partial charge in [-0.2, -0.15) is 0 Å². The summed E-state index contributed by atoms with van der Waals surface area (Å²) in [5, 5.41) is 10.2. The Kier molecular flexibility index (Phi) is 4.25. The molecule has 22 heavy (non-hydrogen) atoms. The van der Waals surface area contributed by atoms with Crippen LogP contribution in [0.5, 0.6) is 0 Å². The van der Waals surface area contributed by atoms with E-state index >= 15 is 0 Å². The Morgan fingerprint density at radius 2 is 1.77 bits per heavy atom. The van der Waals surface area contributed by atoms with Gasteiger partial charge >= 0.3 is 0 Å². The molecule has 0 saturated carbocycles. The lowest BCUT2D eigenvalue weighted by Gasteiger charge is -2.24. The van der Waals surface area contributed by atoms with Crippen molar-refractivity contribution in [1.82, 2.24) is 0 Å². The number of nitrogens with zero attached hydrogens (tertiary/aromatic N) is 1. The van der Waals surface area contributed by atoms with Crippen LogP contribution in [0, 0.1) is 0 Å². The molecule has 1 atom stereocenters. The lowest BCUT2D eigenvalue weighted by Crippen LogP contribution is -2.31. The number of rotatable bonds is 2. The Bertz CT molecular complexity index is 774. The minimum absolute atomic E-state index is 0.252. The summed E-state index contributed by atoms with van der Waals surface area (Å²) in [6.45, 7) is 0.368. The molecule has 0 spiro atoms. The molecule has 1 N–H and O–H groups in total. The molecule has 3 rings (SSSR count). The van der Waals surface area contributed by atoms with E-state index in [9.17, 15) is 13.5 Å². The van der Waals surface area contributed by atoms with Gasteiger partial charge in [0.2, 0.25) is 0 Å². The van der Waals surface area contributed by atoms with Gasteiger partial charge in [0.25, 0.3) is 10.0 Å². The van der Waals surface area contributed by atoms with E-state index in [0.717, 1.165) is 4.47 Å². The highest BCUT2D eigenvalue weighted by molar-refractivity contribution is 9.10. The molecular formula is C16H16BrNO3S. The lowest BCUT2D eigenvalue weighted by atomic mass is 10.1. The maximum Gasteiger partial charge on any atom is 0.264 e. The van der Waals surface area contributed by atoms with Gasteiger partial charge in [-0.15, -0.1) is 0 Å². The van der Waals surface area contributed by atoms with E-state index in [0.29, 0.717) is 30.6 Å². The third-order valence-electron chi connectivity index (χ3n) is 3.80. The van der Waals surface area contributed by atoms with Crippen LogP contribution >= 0.6 is 15.9 Å². The third-order valence-corrected chi connectivity index (χ3v) is 6.16. The summed E-state index contributed by atoms with van der Waals surface area (Å²) in [5.41, 5.74) is 1.23. The second-order valence-corrected chi connectivity index (χ2v) is 8.03. The minimum Gasteiger partial charge on any atom is -0.388 e. The van der Waals surface area contributed by atoms with Gasteiger partial charge in [-0.05, 0) is 43.2 Å². The first kappa shape index (κ1) is 15.5. The molecule has 0 saturated heterocycles. The molecule has 0 aliphatic carbocycles. The maximum atomic E-state index is 12.9. The van der Waals surface area contributed by atoms with Crippen molar-refractivity contribution in [3.05, 3.63) is 58.6 Å². The highest BCUT2D eigenvalue weighted by Crippen LogP contribution is 2.35. The fourth-order valence-electron chi connectivity index (χ4n) is 2.68. The summed E-state index contributed by atoms with van der Waals surface area (Å²) in [6, 6.07) is 13.7. The number of aliphatic hydroxyl groups is 1. The van der Waals surface area contributed by atoms with Gasteiger partial charge in [-0.3, -0.25) is 4.31 Å². The van der Waals surface area contributed by atoms with Crippen molar-refractivity contribution in [2.45, 2.75) is 23.8 Å². The van der Waals surface area contributed by atoms with E-state index in [1.807, 2.05) is 6.07 Å². The average Bonchev–Trinajstić information content (AvgIpc) is 2.68. The zero-order chi connectivity index (χ0) is 15.7. The van der Waals surface area contributed by atoms with Crippen LogP contribution in [0.1, 0.15) is 24.5 Å². The van der Waals surface area contributed by atoms with Crippen molar-refractivity contribution in [2.75, 3.05) is 10.8 Å². The van der Waals surface area contributed by atoms with Crippen molar-refractivity contribution < 1.29 is 13.5 Å². The molecule has 1 aliphatic rings. The number of halogens is 1. The third kappa shape index (κ3) is 2.78. The zero-order valence-corrected chi connectivity index (χ0v) is 14.2. The minimum atomic E-state index is -3.64. The maximum absolute atomic E-state index is 12.9. The first-order chi connectivity index (χ1) is 10.5. The number of hydrogen-bond acceptors (Lipinski definition) is 3. The summed E-state index contributed by atoms with van der Waals surface area (Å²) in [7, 11) is -3.64. The van der Waals surface area contributed by atoms with E-state index < -0.39 is 16.1 Å². The van der Waals surface area contributed by atoms with Gasteiger partial charge in [-0.25, -0.2) is 8.42 Å². The molecule has 116 valence electrons. The van der Waals surface area contributed by atoms with Crippen molar-refractivity contribution in [2.24, 2.45) is 0 Å². The SMILES string of the molecule is O=S(=O)(c1ccc(Br)cc1)N1CCCC(O)c2ccccc21. The Hall–Kier alpha value is -1.37. The molecule has 1 aliphatic heterocycles. The molecule has 1 heterocycles. The summed E-state index contributed by atoms with van der Waals surface area (Å²) in [4.78, 5) is 0.252. The van der Waals surface area contributed by atoms with Crippen LogP contribution in [-0.2, 0) is 10.0 Å². The fourth-order valence-corrected chi connectivity index (χ4v) is 4.48.